The molecule has 0 aromatic heterocycles. The number of epoxide rings is 1. The number of primary amides is 1. The van der Waals surface area contributed by atoms with Crippen LogP contribution in [0.2, 0.25) is 5.02 Å². The molecule has 0 radical (unpaired) electrons. The molecule has 58 heavy (non-hydrogen) atoms. The number of carbonyl (C=O) groups is 6. The molecular formula is C40H55ClN4O11S2. The summed E-state index contributed by atoms with van der Waals surface area (Å²) < 4.78 is 23.5. The second kappa shape index (κ2) is 20.0. The highest BCUT2D eigenvalue weighted by atomic mass is 35.5. The first-order chi connectivity index (χ1) is 27.2. The highest BCUT2D eigenvalue weighted by Crippen LogP contribution is 2.49. The van der Waals surface area contributed by atoms with Crippen molar-refractivity contribution in [1.82, 2.24) is 10.2 Å². The molecule has 4 rings (SSSR count). The first kappa shape index (κ1) is 46.9. The number of likely N-dealkylation sites (N-methyl/N-ethyl adjacent to an activating group) is 1. The van der Waals surface area contributed by atoms with Gasteiger partial charge in [-0.3, -0.25) is 19.7 Å². The number of allylic oxidation sites excluding steroid dienone is 3. The van der Waals surface area contributed by atoms with Crippen molar-refractivity contribution >= 4 is 74.9 Å². The van der Waals surface area contributed by atoms with Crippen molar-refractivity contribution in [2.24, 2.45) is 17.6 Å². The summed E-state index contributed by atoms with van der Waals surface area (Å²) in [7, 11) is 7.55. The first-order valence-electron chi connectivity index (χ1n) is 19.1. The topological polar surface area (TPSA) is 207 Å². The van der Waals surface area contributed by atoms with Gasteiger partial charge in [0.25, 0.3) is 0 Å². The van der Waals surface area contributed by atoms with E-state index in [9.17, 15) is 33.9 Å². The molecular weight excluding hydrogens is 812 g/mol. The zero-order chi connectivity index (χ0) is 43.1. The molecule has 4 bridgehead atoms. The molecule has 3 heterocycles. The molecule has 3 aliphatic rings. The number of anilines is 1. The molecule has 0 aliphatic carbocycles. The van der Waals surface area contributed by atoms with Gasteiger partial charge >= 0.3 is 12.1 Å². The van der Waals surface area contributed by atoms with Gasteiger partial charge in [-0.25, -0.2) is 9.59 Å². The molecule has 4 N–H and O–H groups in total. The summed E-state index contributed by atoms with van der Waals surface area (Å²) in [5, 5.41) is 14.4. The van der Waals surface area contributed by atoms with Crippen LogP contribution >= 0.6 is 33.2 Å². The lowest BCUT2D eigenvalue weighted by molar-refractivity contribution is -0.161. The van der Waals surface area contributed by atoms with E-state index < -0.39 is 65.5 Å². The molecule has 1 aromatic rings. The van der Waals surface area contributed by atoms with Crippen molar-refractivity contribution in [3.05, 3.63) is 46.5 Å². The van der Waals surface area contributed by atoms with Crippen molar-refractivity contribution in [2.45, 2.75) is 114 Å². The van der Waals surface area contributed by atoms with Gasteiger partial charge in [0.2, 0.25) is 17.7 Å². The second-order valence-corrected chi connectivity index (χ2v) is 18.7. The van der Waals surface area contributed by atoms with Gasteiger partial charge in [-0.15, -0.1) is 0 Å². The Balaban J connectivity index is 1.63. The van der Waals surface area contributed by atoms with E-state index in [1.807, 2.05) is 13.8 Å². The Hall–Kier alpha value is -3.77. The number of hydrogen-bond donors (Lipinski definition) is 3. The van der Waals surface area contributed by atoms with Crippen molar-refractivity contribution < 1.29 is 52.8 Å². The molecule has 3 aliphatic heterocycles. The maximum Gasteiger partial charge on any atom is 0.409 e. The first-order valence-corrected chi connectivity index (χ1v) is 21.8. The van der Waals surface area contributed by atoms with Gasteiger partial charge in [-0.2, -0.15) is 0 Å². The van der Waals surface area contributed by atoms with Gasteiger partial charge in [0.15, 0.2) is 5.72 Å². The number of carbonyl (C=O) groups excluding carboxylic acids is 6. The average Bonchev–Trinajstić information content (AvgIpc) is 3.87. The fraction of sp³-hybridized carbons (Fsp3) is 0.600. The third-order valence-corrected chi connectivity index (χ3v) is 14.3. The molecule has 1 aromatic carbocycles. The van der Waals surface area contributed by atoms with Crippen LogP contribution < -0.4 is 20.7 Å². The number of aldehydes is 1. The van der Waals surface area contributed by atoms with E-state index in [0.717, 1.165) is 11.1 Å². The molecule has 0 spiro atoms. The highest BCUT2D eigenvalue weighted by molar-refractivity contribution is 8.76. The van der Waals surface area contributed by atoms with E-state index in [1.165, 1.54) is 47.8 Å². The summed E-state index contributed by atoms with van der Waals surface area (Å²) in [6, 6.07) is 2.47. The monoisotopic (exact) mass is 866 g/mol. The van der Waals surface area contributed by atoms with Gasteiger partial charge < -0.3 is 44.4 Å². The Kier molecular flexibility index (Phi) is 16.2. The lowest BCUT2D eigenvalue weighted by Crippen LogP contribution is -2.61. The smallest absolute Gasteiger partial charge is 0.409 e. The largest absolute Gasteiger partial charge is 0.495 e. The number of halogens is 1. The van der Waals surface area contributed by atoms with Crippen molar-refractivity contribution in [2.75, 3.05) is 31.9 Å². The summed E-state index contributed by atoms with van der Waals surface area (Å²) in [4.78, 5) is 80.1. The summed E-state index contributed by atoms with van der Waals surface area (Å²) in [6.07, 6.45) is 2.59. The fourth-order valence-electron chi connectivity index (χ4n) is 7.02. The van der Waals surface area contributed by atoms with Gasteiger partial charge in [-0.1, -0.05) is 70.8 Å². The van der Waals surface area contributed by atoms with Crippen LogP contribution in [0, 0.1) is 11.8 Å². The highest BCUT2D eigenvalue weighted by Gasteiger charge is 2.64. The zero-order valence-electron chi connectivity index (χ0n) is 34.2. The predicted octanol–water partition coefficient (Wildman–Crippen LogP) is 4.74. The molecule has 2 fully saturated rings. The van der Waals surface area contributed by atoms with Crippen LogP contribution in [0.3, 0.4) is 0 Å². The van der Waals surface area contributed by atoms with Crippen molar-refractivity contribution in [3.63, 3.8) is 0 Å². The summed E-state index contributed by atoms with van der Waals surface area (Å²) in [5.41, 5.74) is 3.94. The molecule has 2 saturated heterocycles. The Morgan fingerprint density at radius 3 is 2.60 bits per heavy atom. The van der Waals surface area contributed by atoms with Crippen LogP contribution in [-0.2, 0) is 44.6 Å². The van der Waals surface area contributed by atoms with E-state index in [2.05, 4.69) is 5.32 Å². The third-order valence-electron chi connectivity index (χ3n) is 11.0. The molecule has 0 saturated carbocycles. The van der Waals surface area contributed by atoms with Crippen molar-refractivity contribution in [1.29, 1.82) is 0 Å². The maximum absolute atomic E-state index is 14.2. The number of aliphatic hydroxyl groups is 1. The molecule has 4 amide bonds. The van der Waals surface area contributed by atoms with Crippen molar-refractivity contribution in [3.8, 4) is 5.75 Å². The average molecular weight is 867 g/mol. The number of nitrogens with two attached hydrogens (primary N) is 1. The Morgan fingerprint density at radius 1 is 1.24 bits per heavy atom. The van der Waals surface area contributed by atoms with Gasteiger partial charge in [-0.05, 0) is 51.3 Å². The Morgan fingerprint density at radius 2 is 1.95 bits per heavy atom. The van der Waals surface area contributed by atoms with E-state index in [1.54, 1.807) is 56.0 Å². The minimum Gasteiger partial charge on any atom is -0.495 e. The number of alkyl carbamates (subject to hydrolysis) is 1. The molecule has 15 nitrogen and oxygen atoms in total. The van der Waals surface area contributed by atoms with Gasteiger partial charge in [0.1, 0.15) is 40.9 Å². The minimum absolute atomic E-state index is 0.141. The number of nitrogens with zero attached hydrogens (tertiary/aromatic N) is 2. The Labute approximate surface area is 352 Å². The van der Waals surface area contributed by atoms with Crippen LogP contribution in [0.1, 0.15) is 72.3 Å². The van der Waals surface area contributed by atoms with Crippen LogP contribution in [-0.4, -0.2) is 114 Å². The lowest BCUT2D eigenvalue weighted by atomic mass is 9.82. The zero-order valence-corrected chi connectivity index (χ0v) is 36.5. The van der Waals surface area contributed by atoms with E-state index >= 15 is 0 Å². The summed E-state index contributed by atoms with van der Waals surface area (Å²) in [5.74, 6) is -2.84. The standard InChI is InChI=1S/C40H55ClN4O11S2/c1-22-10-9-11-27(21-46)40(52)20-30(54-38(51)43-40)24(3)36-39(5,56-36)31(19-34(49)45(7)28-17-26(16-22)18-29(53-8)35(28)41)55-37(50)25(4)44(6)33(48)14-15-57-58-23(2)12-13-32(42)47/h9-11,17-18,21,23-25,27,30-31,36,52H,12-16,19-20H2,1-8H3,(H2,42,47)(H,43,51)/b11-9+,22-10+/t23?,24-,25+,27+,30+,31+,36?,39+,40+/m1/s1. The number of benzene rings is 1. The van der Waals surface area contributed by atoms with Crippen LogP contribution in [0.4, 0.5) is 10.5 Å². The molecule has 18 heteroatoms. The molecule has 9 atom stereocenters. The van der Waals surface area contributed by atoms with Gasteiger partial charge in [0, 0.05) is 50.3 Å². The van der Waals surface area contributed by atoms with Crippen LogP contribution in [0.25, 0.3) is 0 Å². The number of esters is 1. The normalized spacial score (nSPS) is 29.9. The van der Waals surface area contributed by atoms with Crippen LogP contribution in [0.5, 0.6) is 5.75 Å². The predicted molar refractivity (Wildman–Crippen MR) is 222 cm³/mol. The number of fused-ring (bicyclic) bond motifs is 5. The van der Waals surface area contributed by atoms with E-state index in [4.69, 9.17) is 36.3 Å². The van der Waals surface area contributed by atoms with Crippen LogP contribution in [0.15, 0.2) is 35.9 Å². The van der Waals surface area contributed by atoms with E-state index in [-0.39, 0.29) is 47.8 Å². The number of hydrogen-bond acceptors (Lipinski definition) is 13. The number of nitrogens with one attached hydrogen (secondary N) is 1. The summed E-state index contributed by atoms with van der Waals surface area (Å²) >= 11 is 6.76. The fourth-order valence-corrected chi connectivity index (χ4v) is 9.65. The number of methoxy groups -OCH3 is 1. The number of amides is 4. The lowest BCUT2D eigenvalue weighted by Gasteiger charge is -2.41. The minimum atomic E-state index is -1.99. The Bertz CT molecular complexity index is 1800. The number of ether oxygens (including phenoxy) is 4. The molecule has 320 valence electrons. The van der Waals surface area contributed by atoms with E-state index in [0.29, 0.717) is 36.3 Å². The maximum atomic E-state index is 14.2. The number of rotatable bonds is 13. The summed E-state index contributed by atoms with van der Waals surface area (Å²) in [6.45, 7) is 8.80. The third kappa shape index (κ3) is 11.5. The van der Waals surface area contributed by atoms with Gasteiger partial charge in [0.05, 0.1) is 31.2 Å². The molecule has 2 unspecified atom stereocenters. The SMILES string of the molecule is COc1cc2cc(c1Cl)N(C)C(=O)C[C@H](OC(=O)[C@H](C)N(C)C(=O)CCSSC(C)CCC(N)=O)[C@]1(C)OC1[C@H](C)[C@@H]1C[C@@](O)(NC(=O)O1)[C@H](C=O)/C=C/C=C(\C)C2. The second-order valence-electron chi connectivity index (χ2n) is 15.4. The quantitative estimate of drug-likeness (QED) is 0.0807.